The molecule has 2 aliphatic rings. The van der Waals surface area contributed by atoms with Crippen molar-refractivity contribution in [2.24, 2.45) is 5.41 Å². The lowest BCUT2D eigenvalue weighted by Crippen LogP contribution is -2.55. The van der Waals surface area contributed by atoms with Crippen LogP contribution in [0.5, 0.6) is 11.5 Å². The van der Waals surface area contributed by atoms with Crippen molar-refractivity contribution in [1.82, 2.24) is 9.80 Å². The topological polar surface area (TPSA) is 24.9 Å². The number of methoxy groups -OCH3 is 2. The van der Waals surface area contributed by atoms with Gasteiger partial charge in [0, 0.05) is 31.7 Å². The fraction of sp³-hybridized carbons (Fsp3) is 0.700. The van der Waals surface area contributed by atoms with Gasteiger partial charge in [-0.05, 0) is 48.6 Å². The molecule has 0 spiro atoms. The van der Waals surface area contributed by atoms with E-state index in [9.17, 15) is 0 Å². The summed E-state index contributed by atoms with van der Waals surface area (Å²) in [4.78, 5) is 5.23. The Bertz CT molecular complexity index is 594. The van der Waals surface area contributed by atoms with Crippen LogP contribution in [0, 0.1) is 5.41 Å². The second-order valence-corrected chi connectivity index (χ2v) is 8.52. The highest BCUT2D eigenvalue weighted by atomic mass is 16.5. The second kappa shape index (κ2) is 6.57. The Labute approximate surface area is 146 Å². The van der Waals surface area contributed by atoms with Crippen LogP contribution in [-0.2, 0) is 6.42 Å². The van der Waals surface area contributed by atoms with Gasteiger partial charge in [-0.15, -0.1) is 0 Å². The summed E-state index contributed by atoms with van der Waals surface area (Å²) in [5.41, 5.74) is 3.20. The normalized spacial score (nSPS) is 25.1. The van der Waals surface area contributed by atoms with Crippen LogP contribution in [-0.4, -0.2) is 56.7 Å². The predicted octanol–water partition coefficient (Wildman–Crippen LogP) is 3.35. The molecule has 4 nitrogen and oxygen atoms in total. The van der Waals surface area contributed by atoms with Crippen LogP contribution in [0.15, 0.2) is 12.1 Å². The Morgan fingerprint density at radius 1 is 1.08 bits per heavy atom. The number of nitrogens with zero attached hydrogens (tertiary/aromatic N) is 2. The molecule has 0 aliphatic carbocycles. The fourth-order valence-electron chi connectivity index (χ4n) is 4.27. The summed E-state index contributed by atoms with van der Waals surface area (Å²) in [6, 6.07) is 5.48. The van der Waals surface area contributed by atoms with Crippen LogP contribution in [0.25, 0.3) is 0 Å². The molecule has 2 aliphatic heterocycles. The summed E-state index contributed by atoms with van der Waals surface area (Å²) in [6.07, 6.45) is 2.34. The highest BCUT2D eigenvalue weighted by molar-refractivity contribution is 5.49. The van der Waals surface area contributed by atoms with E-state index in [1.165, 1.54) is 17.5 Å². The molecule has 1 fully saturated rings. The van der Waals surface area contributed by atoms with E-state index >= 15 is 0 Å². The number of rotatable bonds is 3. The minimum absolute atomic E-state index is 0.371. The summed E-state index contributed by atoms with van der Waals surface area (Å²) in [5, 5.41) is 0. The lowest BCUT2D eigenvalue weighted by molar-refractivity contribution is 0.0213. The lowest BCUT2D eigenvalue weighted by atomic mass is 9.84. The summed E-state index contributed by atoms with van der Waals surface area (Å²) >= 11 is 0. The predicted molar refractivity (Wildman–Crippen MR) is 98.1 cm³/mol. The molecule has 1 aromatic rings. The number of fused-ring (bicyclic) bond motifs is 3. The van der Waals surface area contributed by atoms with Crippen molar-refractivity contribution in [3.05, 3.63) is 23.3 Å². The van der Waals surface area contributed by atoms with Gasteiger partial charge in [-0.1, -0.05) is 20.8 Å². The molecule has 24 heavy (non-hydrogen) atoms. The molecule has 0 amide bonds. The molecule has 1 saturated heterocycles. The minimum Gasteiger partial charge on any atom is -0.493 e. The molecule has 134 valence electrons. The molecule has 0 bridgehead atoms. The van der Waals surface area contributed by atoms with Gasteiger partial charge in [-0.3, -0.25) is 4.90 Å². The third-order valence-electron chi connectivity index (χ3n) is 5.49. The van der Waals surface area contributed by atoms with Gasteiger partial charge in [0.1, 0.15) is 0 Å². The third kappa shape index (κ3) is 3.40. The maximum Gasteiger partial charge on any atom is 0.161 e. The summed E-state index contributed by atoms with van der Waals surface area (Å²) in [7, 11) is 5.71. The minimum atomic E-state index is 0.371. The summed E-state index contributed by atoms with van der Waals surface area (Å²) in [5.74, 6) is 1.69. The molecule has 0 N–H and O–H groups in total. The van der Waals surface area contributed by atoms with Gasteiger partial charge in [0.15, 0.2) is 11.5 Å². The van der Waals surface area contributed by atoms with Gasteiger partial charge in [0.05, 0.1) is 14.2 Å². The first-order valence-electron chi connectivity index (χ1n) is 9.01. The van der Waals surface area contributed by atoms with Crippen molar-refractivity contribution in [1.29, 1.82) is 0 Å². The first-order chi connectivity index (χ1) is 11.3. The molecule has 2 heterocycles. The van der Waals surface area contributed by atoms with Gasteiger partial charge >= 0.3 is 0 Å². The molecule has 1 aromatic carbocycles. The van der Waals surface area contributed by atoms with Gasteiger partial charge in [-0.2, -0.15) is 0 Å². The Morgan fingerprint density at radius 2 is 1.75 bits per heavy atom. The highest BCUT2D eigenvalue weighted by Gasteiger charge is 2.37. The smallest absolute Gasteiger partial charge is 0.161 e. The zero-order valence-corrected chi connectivity index (χ0v) is 16.1. The van der Waals surface area contributed by atoms with Gasteiger partial charge in [0.25, 0.3) is 0 Å². The molecule has 0 aromatic heterocycles. The van der Waals surface area contributed by atoms with Crippen molar-refractivity contribution >= 4 is 0 Å². The largest absolute Gasteiger partial charge is 0.493 e. The molecule has 3 rings (SSSR count). The van der Waals surface area contributed by atoms with E-state index in [1.54, 1.807) is 14.2 Å². The van der Waals surface area contributed by atoms with Crippen molar-refractivity contribution in [3.8, 4) is 11.5 Å². The molecule has 1 unspecified atom stereocenters. The van der Waals surface area contributed by atoms with Crippen molar-refractivity contribution in [2.75, 3.05) is 40.9 Å². The van der Waals surface area contributed by atoms with E-state index < -0.39 is 0 Å². The van der Waals surface area contributed by atoms with Crippen molar-refractivity contribution in [3.63, 3.8) is 0 Å². The van der Waals surface area contributed by atoms with Crippen LogP contribution < -0.4 is 9.47 Å². The maximum absolute atomic E-state index is 5.54. The van der Waals surface area contributed by atoms with E-state index in [0.29, 0.717) is 17.5 Å². The molecular weight excluding hydrogens is 300 g/mol. The van der Waals surface area contributed by atoms with E-state index in [0.717, 1.165) is 37.6 Å². The zero-order valence-electron chi connectivity index (χ0n) is 16.1. The molecule has 2 atom stereocenters. The number of hydrogen-bond acceptors (Lipinski definition) is 4. The van der Waals surface area contributed by atoms with Crippen molar-refractivity contribution < 1.29 is 9.47 Å². The van der Waals surface area contributed by atoms with Gasteiger partial charge in [-0.25, -0.2) is 0 Å². The van der Waals surface area contributed by atoms with E-state index in [4.69, 9.17) is 9.47 Å². The quantitative estimate of drug-likeness (QED) is 0.847. The molecule has 0 radical (unpaired) electrons. The first kappa shape index (κ1) is 17.6. The summed E-state index contributed by atoms with van der Waals surface area (Å²) < 4.78 is 11.0. The Morgan fingerprint density at radius 3 is 2.38 bits per heavy atom. The molecule has 0 saturated carbocycles. The Hall–Kier alpha value is -1.26. The number of ether oxygens (including phenoxy) is 2. The zero-order chi connectivity index (χ0) is 17.5. The van der Waals surface area contributed by atoms with Gasteiger partial charge in [0.2, 0.25) is 0 Å². The van der Waals surface area contributed by atoms with Crippen LogP contribution in [0.2, 0.25) is 0 Å². The van der Waals surface area contributed by atoms with Crippen LogP contribution in [0.3, 0.4) is 0 Å². The average Bonchev–Trinajstić information content (AvgIpc) is 2.53. The Kier molecular flexibility index (Phi) is 4.80. The monoisotopic (exact) mass is 332 g/mol. The number of benzene rings is 1. The number of piperazine rings is 1. The second-order valence-electron chi connectivity index (χ2n) is 8.52. The highest BCUT2D eigenvalue weighted by Crippen LogP contribution is 2.40. The van der Waals surface area contributed by atoms with Crippen LogP contribution in [0.1, 0.15) is 44.4 Å². The Balaban J connectivity index is 1.86. The maximum atomic E-state index is 5.54. The van der Waals surface area contributed by atoms with E-state index in [-0.39, 0.29) is 0 Å². The SMILES string of the molecule is COc1cc2c(cc1OC)[C@H]1CN(C)C(CC(C)(C)C)CN1CC2. The third-order valence-corrected chi connectivity index (χ3v) is 5.49. The molecule has 4 heteroatoms. The number of hydrogen-bond donors (Lipinski definition) is 0. The van der Waals surface area contributed by atoms with E-state index in [1.807, 2.05) is 0 Å². The summed E-state index contributed by atoms with van der Waals surface area (Å²) in [6.45, 7) is 10.4. The van der Waals surface area contributed by atoms with Crippen molar-refractivity contribution in [2.45, 2.75) is 45.7 Å². The fourth-order valence-corrected chi connectivity index (χ4v) is 4.27. The first-order valence-corrected chi connectivity index (χ1v) is 9.01. The average molecular weight is 332 g/mol. The van der Waals surface area contributed by atoms with Gasteiger partial charge < -0.3 is 14.4 Å². The van der Waals surface area contributed by atoms with E-state index in [2.05, 4.69) is 49.8 Å². The lowest BCUT2D eigenvalue weighted by Gasteiger charge is -2.49. The number of likely N-dealkylation sites (N-methyl/N-ethyl adjacent to an activating group) is 1. The standard InChI is InChI=1S/C20H32N2O2/c1-20(2,3)11-15-12-22-8-7-14-9-18(23-5)19(24-6)10-16(14)17(22)13-21(15)4/h9-10,15,17H,7-8,11-13H2,1-6H3/t15?,17-/m1/s1. The van der Waals surface area contributed by atoms with Crippen LogP contribution in [0.4, 0.5) is 0 Å². The van der Waals surface area contributed by atoms with Crippen LogP contribution >= 0.6 is 0 Å². The molecular formula is C20H32N2O2.